The van der Waals surface area contributed by atoms with Gasteiger partial charge in [-0.1, -0.05) is 58.9 Å². The minimum Gasteiger partial charge on any atom is -0.491 e. The summed E-state index contributed by atoms with van der Waals surface area (Å²) in [4.78, 5) is 71.0. The summed E-state index contributed by atoms with van der Waals surface area (Å²) < 4.78 is 39.7. The van der Waals surface area contributed by atoms with Gasteiger partial charge < -0.3 is 35.2 Å². The molecule has 20 heteroatoms. The molecule has 2 saturated heterocycles. The molecule has 400 valence electrons. The van der Waals surface area contributed by atoms with Crippen LogP contribution < -0.4 is 30.3 Å². The summed E-state index contributed by atoms with van der Waals surface area (Å²) in [5.74, 6) is 1.34. The van der Waals surface area contributed by atoms with Crippen LogP contribution in [0, 0.1) is 11.3 Å². The zero-order chi connectivity index (χ0) is 52.4. The molecule has 0 saturated carbocycles. The van der Waals surface area contributed by atoms with Crippen LogP contribution in [-0.4, -0.2) is 137 Å². The molecule has 2 aromatic carbocycles. The van der Waals surface area contributed by atoms with Crippen LogP contribution in [0.4, 0.5) is 11.8 Å². The number of halogens is 1. The molecular weight excluding hydrogens is 982 g/mol. The van der Waals surface area contributed by atoms with Crippen molar-refractivity contribution in [1.82, 2.24) is 40.4 Å². The molecule has 5 atom stereocenters. The van der Waals surface area contributed by atoms with E-state index in [0.29, 0.717) is 79.9 Å². The molecule has 8 rings (SSSR count). The van der Waals surface area contributed by atoms with Crippen molar-refractivity contribution in [1.29, 1.82) is 0 Å². The van der Waals surface area contributed by atoms with Crippen molar-refractivity contribution in [2.24, 2.45) is 16.3 Å². The molecule has 3 amide bonds. The Kier molecular flexibility index (Phi) is 17.3. The summed E-state index contributed by atoms with van der Waals surface area (Å²) in [6.45, 7) is 22.8. The lowest BCUT2D eigenvalue weighted by atomic mass is 9.85. The van der Waals surface area contributed by atoms with Gasteiger partial charge in [-0.3, -0.25) is 24.3 Å². The van der Waals surface area contributed by atoms with Crippen molar-refractivity contribution < 1.29 is 32.3 Å². The maximum Gasteiger partial charge on any atom is 0.246 e. The molecule has 3 N–H and O–H groups in total. The van der Waals surface area contributed by atoms with Gasteiger partial charge in [0.2, 0.25) is 23.7 Å². The lowest BCUT2D eigenvalue weighted by Crippen LogP contribution is -2.58. The van der Waals surface area contributed by atoms with E-state index in [4.69, 9.17) is 9.47 Å². The van der Waals surface area contributed by atoms with Crippen molar-refractivity contribution in [3.8, 4) is 11.5 Å². The number of amides is 3. The van der Waals surface area contributed by atoms with E-state index in [-0.39, 0.29) is 72.3 Å². The lowest BCUT2D eigenvalue weighted by molar-refractivity contribution is -0.144. The third kappa shape index (κ3) is 12.3. The van der Waals surface area contributed by atoms with Gasteiger partial charge >= 0.3 is 0 Å². The Morgan fingerprint density at radius 3 is 2.32 bits per heavy atom. The number of aliphatic imine (C=N–C) groups is 1. The maximum absolute atomic E-state index is 14.6. The average molecular weight is 1060 g/mol. The van der Waals surface area contributed by atoms with Gasteiger partial charge in [0.05, 0.1) is 41.8 Å². The number of anilines is 2. The van der Waals surface area contributed by atoms with Gasteiger partial charge in [0, 0.05) is 56.5 Å². The highest BCUT2D eigenvalue weighted by Gasteiger charge is 2.46. The second-order valence-electron chi connectivity index (χ2n) is 22.0. The molecule has 0 radical (unpaired) electrons. The highest BCUT2D eigenvalue weighted by Crippen LogP contribution is 2.38. The number of fused-ring (bicyclic) bond motifs is 2. The number of hydrogen-bond acceptors (Lipinski definition) is 15. The van der Waals surface area contributed by atoms with E-state index in [1.54, 1.807) is 50.2 Å². The van der Waals surface area contributed by atoms with E-state index >= 15 is 0 Å². The van der Waals surface area contributed by atoms with Crippen LogP contribution in [0.15, 0.2) is 76.2 Å². The third-order valence-corrected chi connectivity index (χ3v) is 17.2. The number of carbonyl (C=O) groups excluding carboxylic acids is 3. The van der Waals surface area contributed by atoms with Crippen LogP contribution >= 0.6 is 12.4 Å². The van der Waals surface area contributed by atoms with E-state index in [1.807, 2.05) is 60.6 Å². The number of benzene rings is 2. The largest absolute Gasteiger partial charge is 0.491 e. The summed E-state index contributed by atoms with van der Waals surface area (Å²) in [5.41, 5.74) is 4.42. The fraction of sp³-hybridized carbons (Fsp3) is 0.556. The van der Waals surface area contributed by atoms with Gasteiger partial charge in [-0.2, -0.15) is 0 Å². The molecule has 2 aromatic heterocycles. The Labute approximate surface area is 442 Å². The second-order valence-corrected chi connectivity index (χ2v) is 24.7. The minimum atomic E-state index is -3.84. The summed E-state index contributed by atoms with van der Waals surface area (Å²) >= 11 is 0. The van der Waals surface area contributed by atoms with E-state index in [0.717, 1.165) is 36.0 Å². The maximum atomic E-state index is 14.6. The number of aromatic nitrogens is 4. The Hall–Kier alpha value is -5.92. The first-order chi connectivity index (χ1) is 34.6. The molecule has 18 nitrogen and oxygen atoms in total. The molecule has 4 aliphatic rings. The molecule has 1 aliphatic carbocycles. The van der Waals surface area contributed by atoms with E-state index in [1.165, 1.54) is 11.9 Å². The van der Waals surface area contributed by atoms with Crippen molar-refractivity contribution in [3.63, 3.8) is 0 Å². The molecule has 5 heterocycles. The number of sulfone groups is 1. The number of aryl methyl sites for hydroxylation is 1. The van der Waals surface area contributed by atoms with Crippen LogP contribution in [0.5, 0.6) is 11.5 Å². The third-order valence-electron chi connectivity index (χ3n) is 14.7. The number of rotatable bonds is 15. The van der Waals surface area contributed by atoms with E-state index < -0.39 is 38.2 Å². The monoisotopic (exact) mass is 1060 g/mol. The molecule has 74 heavy (non-hydrogen) atoms. The minimum absolute atomic E-state index is 0. The molecule has 4 aromatic rings. The van der Waals surface area contributed by atoms with Crippen molar-refractivity contribution in [3.05, 3.63) is 77.4 Å². The number of amidine groups is 1. The molecule has 0 spiro atoms. The topological polar surface area (TPSA) is 214 Å². The van der Waals surface area contributed by atoms with Gasteiger partial charge in [-0.05, 0) is 94.1 Å². The van der Waals surface area contributed by atoms with Crippen molar-refractivity contribution in [2.75, 3.05) is 62.6 Å². The van der Waals surface area contributed by atoms with Gasteiger partial charge in [-0.25, -0.2) is 28.4 Å². The Balaban J connectivity index is 0.00000800. The normalized spacial score (nSPS) is 20.3. The fourth-order valence-electron chi connectivity index (χ4n) is 9.71. The van der Waals surface area contributed by atoms with Crippen LogP contribution in [0.25, 0.3) is 10.9 Å². The molecule has 3 aliphatic heterocycles. The number of nitrogens with one attached hydrogen (secondary N) is 3. The van der Waals surface area contributed by atoms with E-state index in [2.05, 4.69) is 62.8 Å². The molecular formula is C54H74ClN11O7S. The fourth-order valence-corrected chi connectivity index (χ4v) is 11.0. The predicted octanol–water partition coefficient (Wildman–Crippen LogP) is 6.89. The highest BCUT2D eigenvalue weighted by atomic mass is 35.5. The Morgan fingerprint density at radius 1 is 0.946 bits per heavy atom. The summed E-state index contributed by atoms with van der Waals surface area (Å²) in [5, 5.41) is 10.2. The van der Waals surface area contributed by atoms with Gasteiger partial charge in [0.25, 0.3) is 0 Å². The van der Waals surface area contributed by atoms with Gasteiger partial charge in [0.15, 0.2) is 15.6 Å². The standard InChI is InChI=1S/C54H73N11O7S.ClH/c1-11-33(2)49(66)61-46(53(5,6)7)51(68)65-31-37(25-43(65)50(67)60-41-18-14-16-36-15-12-13-17-39(36)41)72-38-29-56-52(57-30-38)64-21-19-63(20-22-64)23-24-71-44-27-42-40(26-45(44)73(69,70)54(8,9)10)48(59-32-58-42)62-47-35(4)34(3)28-55-47;/h12-13,15,17,26-27,29-30,32-33,37,41,43,46H,11,14,16,18-25,28,31H2,1-10H3,(H,60,67)(H,61,66)(H,55,58,59,62);1H/t33-,37+,41-,43+,46-;/m1./s1. The first-order valence-corrected chi connectivity index (χ1v) is 27.2. The predicted molar refractivity (Wildman–Crippen MR) is 290 cm³/mol. The van der Waals surface area contributed by atoms with Crippen LogP contribution in [0.1, 0.15) is 112 Å². The van der Waals surface area contributed by atoms with Gasteiger partial charge in [0.1, 0.15) is 53.4 Å². The van der Waals surface area contributed by atoms with Crippen LogP contribution in [0.2, 0.25) is 0 Å². The molecule has 0 unspecified atom stereocenters. The van der Waals surface area contributed by atoms with Crippen LogP contribution in [-0.2, 0) is 30.6 Å². The number of likely N-dealkylation sites (tertiary alicyclic amines) is 1. The summed E-state index contributed by atoms with van der Waals surface area (Å²) in [6.07, 6.45) is 7.76. The quantitative estimate of drug-likeness (QED) is 0.111. The number of carbonyl (C=O) groups is 3. The number of ether oxygens (including phenoxy) is 2. The SMILES string of the molecule is CC[C@@H](C)C(=O)N[C@H](C(=O)N1C[C@@H](Oc2cnc(N3CCN(CCOc4cc5ncnc(NC6=NCC(C)=C6C)c5cc4S(=O)(=O)C(C)(C)C)CC3)nc2)C[C@H]1C(=O)N[C@@H]1CCCc2ccccc21)C(C)(C)C.Cl. The Bertz CT molecular complexity index is 2880. The number of hydrogen-bond donors (Lipinski definition) is 3. The molecule has 2 fully saturated rings. The zero-order valence-corrected chi connectivity index (χ0v) is 46.2. The molecule has 0 bridgehead atoms. The second kappa shape index (κ2) is 22.9. The highest BCUT2D eigenvalue weighted by molar-refractivity contribution is 7.92. The van der Waals surface area contributed by atoms with Gasteiger partial charge in [-0.15, -0.1) is 12.4 Å². The smallest absolute Gasteiger partial charge is 0.246 e. The average Bonchev–Trinajstić information content (AvgIpc) is 3.93. The van der Waals surface area contributed by atoms with E-state index in [9.17, 15) is 22.8 Å². The van der Waals surface area contributed by atoms with Crippen LogP contribution in [0.3, 0.4) is 0 Å². The summed E-state index contributed by atoms with van der Waals surface area (Å²) in [7, 11) is -3.84. The number of nitrogens with zero attached hydrogens (tertiary/aromatic N) is 8. The zero-order valence-electron chi connectivity index (χ0n) is 44.5. The van der Waals surface area contributed by atoms with Crippen molar-refractivity contribution in [2.45, 2.75) is 135 Å². The van der Waals surface area contributed by atoms with Crippen molar-refractivity contribution >= 4 is 68.5 Å². The first-order valence-electron chi connectivity index (χ1n) is 25.7. The lowest BCUT2D eigenvalue weighted by Gasteiger charge is -2.36. The Morgan fingerprint density at radius 2 is 1.66 bits per heavy atom. The summed E-state index contributed by atoms with van der Waals surface area (Å²) in [6, 6.07) is 9.62. The number of piperazine rings is 1. The first kappa shape index (κ1) is 55.8.